The third-order valence-corrected chi connectivity index (χ3v) is 9.02. The van der Waals surface area contributed by atoms with Gasteiger partial charge in [0.25, 0.3) is 0 Å². The molecule has 6 N–H and O–H groups in total. The summed E-state index contributed by atoms with van der Waals surface area (Å²) in [6, 6.07) is 33.2. The van der Waals surface area contributed by atoms with Crippen LogP contribution in [0.3, 0.4) is 0 Å². The lowest BCUT2D eigenvalue weighted by molar-refractivity contribution is -0.134. The van der Waals surface area contributed by atoms with E-state index in [2.05, 4.69) is 26.6 Å². The fourth-order valence-corrected chi connectivity index (χ4v) is 5.92. The summed E-state index contributed by atoms with van der Waals surface area (Å²) >= 11 is 0. The first-order chi connectivity index (χ1) is 26.0. The molecule has 4 aromatic rings. The van der Waals surface area contributed by atoms with Gasteiger partial charge in [0.05, 0.1) is 12.1 Å². The molecule has 4 rings (SSSR count). The van der Waals surface area contributed by atoms with E-state index in [-0.39, 0.29) is 43.9 Å². The van der Waals surface area contributed by atoms with Crippen molar-refractivity contribution in [2.75, 3.05) is 0 Å². The van der Waals surface area contributed by atoms with E-state index in [1.165, 1.54) is 0 Å². The average molecular weight is 736 g/mol. The summed E-state index contributed by atoms with van der Waals surface area (Å²) in [5.74, 6) is -2.15. The van der Waals surface area contributed by atoms with Crippen molar-refractivity contribution in [1.29, 1.82) is 0 Å². The summed E-state index contributed by atoms with van der Waals surface area (Å²) in [6.07, 6.45) is -2.07. The topological polar surface area (TPSA) is 158 Å². The van der Waals surface area contributed by atoms with E-state index in [0.29, 0.717) is 0 Å². The molecule has 0 aromatic heterocycles. The van der Waals surface area contributed by atoms with Gasteiger partial charge in [-0.1, -0.05) is 149 Å². The molecule has 4 aromatic carbocycles. The van der Waals surface area contributed by atoms with Gasteiger partial charge in [0.2, 0.25) is 17.7 Å². The number of nitrogens with one attached hydrogen (secondary N) is 5. The second-order valence-electron chi connectivity index (χ2n) is 14.0. The molecule has 11 heteroatoms. The van der Waals surface area contributed by atoms with Crippen LogP contribution in [0.2, 0.25) is 0 Å². The predicted molar refractivity (Wildman–Crippen MR) is 209 cm³/mol. The minimum atomic E-state index is -1.48. The second kappa shape index (κ2) is 21.2. The lowest BCUT2D eigenvalue weighted by Crippen LogP contribution is -2.63. The molecule has 0 saturated heterocycles. The Balaban J connectivity index is 1.56. The minimum Gasteiger partial charge on any atom is -0.445 e. The number of ether oxygens (including phenoxy) is 1. The third kappa shape index (κ3) is 13.2. The fraction of sp³-hybridized carbons (Fsp3) is 0.349. The highest BCUT2D eigenvalue weighted by Crippen LogP contribution is 2.14. The molecule has 5 atom stereocenters. The molecule has 0 radical (unpaired) electrons. The molecule has 0 aliphatic carbocycles. The third-order valence-electron chi connectivity index (χ3n) is 9.02. The second-order valence-corrected chi connectivity index (χ2v) is 14.0. The van der Waals surface area contributed by atoms with E-state index < -0.39 is 48.2 Å². The van der Waals surface area contributed by atoms with Crippen LogP contribution in [0.15, 0.2) is 121 Å². The van der Waals surface area contributed by atoms with Crippen LogP contribution in [-0.2, 0) is 45.2 Å². The van der Waals surface area contributed by atoms with Gasteiger partial charge in [0.1, 0.15) is 24.7 Å². The molecule has 0 heterocycles. The molecule has 0 aliphatic rings. The van der Waals surface area contributed by atoms with E-state index in [4.69, 9.17) is 4.74 Å². The van der Waals surface area contributed by atoms with Crippen molar-refractivity contribution >= 4 is 23.8 Å². The van der Waals surface area contributed by atoms with Gasteiger partial charge in [-0.15, -0.1) is 0 Å². The molecule has 0 bridgehead atoms. The van der Waals surface area contributed by atoms with Gasteiger partial charge < -0.3 is 31.1 Å². The number of hydrogen-bond donors (Lipinski definition) is 6. The Bertz CT molecular complexity index is 1740. The number of carbonyl (C=O) groups excluding carboxylic acids is 4. The highest BCUT2D eigenvalue weighted by molar-refractivity contribution is 5.90. The van der Waals surface area contributed by atoms with Crippen molar-refractivity contribution in [3.05, 3.63) is 144 Å². The zero-order chi connectivity index (χ0) is 38.9. The monoisotopic (exact) mass is 735 g/mol. The first-order valence-corrected chi connectivity index (χ1v) is 18.4. The Morgan fingerprint density at radius 3 is 1.50 bits per heavy atom. The number of aliphatic hydroxyl groups excluding tert-OH is 1. The molecular weight excluding hydrogens is 683 g/mol. The van der Waals surface area contributed by atoms with Crippen LogP contribution < -0.4 is 26.6 Å². The van der Waals surface area contributed by atoms with Crippen molar-refractivity contribution in [3.8, 4) is 0 Å². The van der Waals surface area contributed by atoms with Crippen molar-refractivity contribution in [1.82, 2.24) is 26.6 Å². The molecule has 0 unspecified atom stereocenters. The van der Waals surface area contributed by atoms with Crippen LogP contribution in [-0.4, -0.2) is 59.2 Å². The first-order valence-electron chi connectivity index (χ1n) is 18.4. The Hall–Kier alpha value is -5.52. The zero-order valence-electron chi connectivity index (χ0n) is 31.4. The summed E-state index contributed by atoms with van der Waals surface area (Å²) in [4.78, 5) is 54.4. The Morgan fingerprint density at radius 1 is 0.537 bits per heavy atom. The number of carbonyl (C=O) groups is 4. The summed E-state index contributed by atoms with van der Waals surface area (Å²) in [6.45, 7) is 7.77. The molecule has 0 spiro atoms. The predicted octanol–water partition coefficient (Wildman–Crippen LogP) is 4.64. The first kappa shape index (κ1) is 41.2. The van der Waals surface area contributed by atoms with Gasteiger partial charge in [-0.05, 0) is 40.5 Å². The highest BCUT2D eigenvalue weighted by atomic mass is 16.5. The lowest BCUT2D eigenvalue weighted by atomic mass is 9.93. The minimum absolute atomic E-state index is 0.0278. The molecule has 286 valence electrons. The number of amides is 4. The summed E-state index contributed by atoms with van der Waals surface area (Å²) < 4.78 is 5.39. The van der Waals surface area contributed by atoms with Gasteiger partial charge in [-0.2, -0.15) is 0 Å². The van der Waals surface area contributed by atoms with Crippen LogP contribution in [0.4, 0.5) is 4.79 Å². The van der Waals surface area contributed by atoms with Crippen LogP contribution in [0.1, 0.15) is 49.9 Å². The van der Waals surface area contributed by atoms with Crippen LogP contribution in [0, 0.1) is 11.8 Å². The lowest BCUT2D eigenvalue weighted by Gasteiger charge is -2.33. The van der Waals surface area contributed by atoms with Gasteiger partial charge in [-0.3, -0.25) is 19.7 Å². The number of alkyl carbamates (subject to hydrolysis) is 1. The van der Waals surface area contributed by atoms with Crippen LogP contribution in [0.5, 0.6) is 0 Å². The Labute approximate surface area is 318 Å². The summed E-state index contributed by atoms with van der Waals surface area (Å²) in [5, 5.41) is 26.7. The molecular formula is C43H53N5O6. The maximum absolute atomic E-state index is 14.2. The molecule has 4 amide bonds. The van der Waals surface area contributed by atoms with Crippen LogP contribution >= 0.6 is 0 Å². The zero-order valence-corrected chi connectivity index (χ0v) is 31.4. The van der Waals surface area contributed by atoms with E-state index >= 15 is 0 Å². The Morgan fingerprint density at radius 2 is 0.981 bits per heavy atom. The summed E-state index contributed by atoms with van der Waals surface area (Å²) in [5.41, 5.74) is 3.38. The van der Waals surface area contributed by atoms with Crippen molar-refractivity contribution in [3.63, 3.8) is 0 Å². The van der Waals surface area contributed by atoms with Gasteiger partial charge in [-0.25, -0.2) is 4.79 Å². The van der Waals surface area contributed by atoms with Crippen molar-refractivity contribution < 1.29 is 29.0 Å². The molecule has 0 saturated carbocycles. The van der Waals surface area contributed by atoms with Gasteiger partial charge in [0.15, 0.2) is 0 Å². The maximum atomic E-state index is 14.2. The van der Waals surface area contributed by atoms with Crippen LogP contribution in [0.25, 0.3) is 0 Å². The number of benzene rings is 4. The number of hydrogen-bond acceptors (Lipinski definition) is 7. The van der Waals surface area contributed by atoms with E-state index in [9.17, 15) is 24.3 Å². The van der Waals surface area contributed by atoms with Gasteiger partial charge in [0, 0.05) is 13.1 Å². The molecule has 11 nitrogen and oxygen atoms in total. The molecule has 0 fully saturated rings. The Kier molecular flexibility index (Phi) is 16.2. The van der Waals surface area contributed by atoms with E-state index in [0.717, 1.165) is 22.3 Å². The number of rotatable bonds is 19. The van der Waals surface area contributed by atoms with E-state index in [1.54, 1.807) is 13.8 Å². The molecule has 54 heavy (non-hydrogen) atoms. The quantitative estimate of drug-likeness (QED) is 0.0819. The van der Waals surface area contributed by atoms with Crippen molar-refractivity contribution in [2.24, 2.45) is 11.8 Å². The normalized spacial score (nSPS) is 13.9. The van der Waals surface area contributed by atoms with Crippen molar-refractivity contribution in [2.45, 2.75) is 84.1 Å². The smallest absolute Gasteiger partial charge is 0.408 e. The number of aliphatic hydroxyl groups is 1. The largest absolute Gasteiger partial charge is 0.445 e. The summed E-state index contributed by atoms with van der Waals surface area (Å²) in [7, 11) is 0. The average Bonchev–Trinajstić information content (AvgIpc) is 3.18. The molecule has 0 aliphatic heterocycles. The standard InChI is InChI=1S/C43H53N5O6/c1-29(2)36(40(50)45-27-33-21-13-7-14-22-33)47-42(52)38(44-26-32-19-11-6-12-20-32)39(49)35(25-31-17-9-5-10-18-31)46-41(51)37(30(3)4)48-43(53)54-28-34-23-15-8-16-24-34/h5-24,29-30,35-39,44,49H,25-28H2,1-4H3,(H,45,50)(H,46,51)(H,47,52)(H,48,53)/t35-,36-,37-,38+,39+/m0/s1. The highest BCUT2D eigenvalue weighted by Gasteiger charge is 2.38. The van der Waals surface area contributed by atoms with Gasteiger partial charge >= 0.3 is 6.09 Å². The fourth-order valence-electron chi connectivity index (χ4n) is 5.92. The SMILES string of the molecule is CC(C)[C@H](NC(=O)OCc1ccccc1)C(=O)N[C@@H](Cc1ccccc1)[C@@H](O)[C@@H](NCc1ccccc1)C(=O)N[C@H](C(=O)NCc1ccccc1)C(C)C. The maximum Gasteiger partial charge on any atom is 0.408 e. The van der Waals surface area contributed by atoms with E-state index in [1.807, 2.05) is 135 Å².